The molecule has 0 atom stereocenters. The highest BCUT2D eigenvalue weighted by atomic mass is 16.5. The Balaban J connectivity index is 2.25. The van der Waals surface area contributed by atoms with Crippen LogP contribution in [0.3, 0.4) is 0 Å². The maximum absolute atomic E-state index is 8.92. The molecule has 1 aliphatic rings. The summed E-state index contributed by atoms with van der Waals surface area (Å²) >= 11 is 0. The molecule has 0 saturated carbocycles. The second kappa shape index (κ2) is 3.49. The van der Waals surface area contributed by atoms with Crippen molar-refractivity contribution in [3.8, 4) is 11.8 Å². The first kappa shape index (κ1) is 9.67. The molecule has 82 valence electrons. The van der Waals surface area contributed by atoms with Crippen molar-refractivity contribution in [3.63, 3.8) is 0 Å². The quantitative estimate of drug-likeness (QED) is 0.739. The van der Waals surface area contributed by atoms with Crippen molar-refractivity contribution in [1.82, 2.24) is 4.98 Å². The summed E-state index contributed by atoms with van der Waals surface area (Å²) in [4.78, 5) is 4.29. The SMILES string of the molecule is N#CC1=C(N)Oc2c(ccc3cccnc23)C1. The summed E-state index contributed by atoms with van der Waals surface area (Å²) in [6.07, 6.45) is 2.22. The second-order valence-electron chi connectivity index (χ2n) is 3.86. The molecular weight excluding hydrogens is 214 g/mol. The number of hydrogen-bond donors (Lipinski definition) is 1. The van der Waals surface area contributed by atoms with Crippen LogP contribution in [0.1, 0.15) is 5.56 Å². The molecule has 1 aromatic heterocycles. The van der Waals surface area contributed by atoms with Gasteiger partial charge in [0.2, 0.25) is 5.88 Å². The Labute approximate surface area is 97.9 Å². The molecule has 17 heavy (non-hydrogen) atoms. The van der Waals surface area contributed by atoms with Gasteiger partial charge in [0.1, 0.15) is 11.6 Å². The Kier molecular flexibility index (Phi) is 1.99. The molecule has 2 aromatic rings. The van der Waals surface area contributed by atoms with Crippen molar-refractivity contribution < 1.29 is 4.74 Å². The maximum Gasteiger partial charge on any atom is 0.205 e. The molecule has 0 fully saturated rings. The van der Waals surface area contributed by atoms with Crippen LogP contribution in [0.2, 0.25) is 0 Å². The Hall–Kier alpha value is -2.54. The largest absolute Gasteiger partial charge is 0.438 e. The predicted molar refractivity (Wildman–Crippen MR) is 62.9 cm³/mol. The molecule has 0 unspecified atom stereocenters. The van der Waals surface area contributed by atoms with E-state index in [1.807, 2.05) is 24.3 Å². The summed E-state index contributed by atoms with van der Waals surface area (Å²) in [5.74, 6) is 0.845. The zero-order valence-corrected chi connectivity index (χ0v) is 8.97. The number of hydrogen-bond acceptors (Lipinski definition) is 4. The highest BCUT2D eigenvalue weighted by molar-refractivity contribution is 5.86. The van der Waals surface area contributed by atoms with E-state index >= 15 is 0 Å². The summed E-state index contributed by atoms with van der Waals surface area (Å²) in [5, 5.41) is 9.92. The van der Waals surface area contributed by atoms with Crippen LogP contribution in [0.5, 0.6) is 5.75 Å². The van der Waals surface area contributed by atoms with Crippen LogP contribution in [0.4, 0.5) is 0 Å². The van der Waals surface area contributed by atoms with Crippen LogP contribution < -0.4 is 10.5 Å². The van der Waals surface area contributed by atoms with Crippen LogP contribution in [-0.2, 0) is 6.42 Å². The molecular formula is C13H9N3O. The van der Waals surface area contributed by atoms with E-state index in [9.17, 15) is 0 Å². The van der Waals surface area contributed by atoms with Gasteiger partial charge in [-0.3, -0.25) is 4.98 Å². The molecule has 0 amide bonds. The standard InChI is InChI=1S/C13H9N3O/c14-7-10-6-9-4-3-8-2-1-5-16-11(8)12(9)17-13(10)15/h1-5H,6,15H2. The number of nitriles is 1. The minimum Gasteiger partial charge on any atom is -0.438 e. The van der Waals surface area contributed by atoms with Gasteiger partial charge in [-0.1, -0.05) is 18.2 Å². The highest BCUT2D eigenvalue weighted by Crippen LogP contribution is 2.34. The van der Waals surface area contributed by atoms with E-state index in [-0.39, 0.29) is 5.88 Å². The number of nitrogens with zero attached hydrogens (tertiary/aromatic N) is 2. The van der Waals surface area contributed by atoms with Gasteiger partial charge in [0, 0.05) is 23.6 Å². The molecule has 0 spiro atoms. The van der Waals surface area contributed by atoms with E-state index in [0.29, 0.717) is 17.7 Å². The Morgan fingerprint density at radius 3 is 3.06 bits per heavy atom. The van der Waals surface area contributed by atoms with Crippen LogP contribution in [-0.4, -0.2) is 4.98 Å². The number of rotatable bonds is 0. The Morgan fingerprint density at radius 1 is 1.35 bits per heavy atom. The lowest BCUT2D eigenvalue weighted by molar-refractivity contribution is 0.403. The van der Waals surface area contributed by atoms with Crippen LogP contribution >= 0.6 is 0 Å². The molecule has 0 bridgehead atoms. The number of nitrogens with two attached hydrogens (primary N) is 1. The molecule has 1 aromatic carbocycles. The summed E-state index contributed by atoms with van der Waals surface area (Å²) in [6, 6.07) is 9.81. The van der Waals surface area contributed by atoms with Crippen LogP contribution in [0, 0.1) is 11.3 Å². The fourth-order valence-corrected chi connectivity index (χ4v) is 1.96. The highest BCUT2D eigenvalue weighted by Gasteiger charge is 2.20. The first-order chi connectivity index (χ1) is 8.29. The molecule has 2 N–H and O–H groups in total. The van der Waals surface area contributed by atoms with E-state index in [1.165, 1.54) is 0 Å². The minimum absolute atomic E-state index is 0.179. The van der Waals surface area contributed by atoms with E-state index in [0.717, 1.165) is 16.5 Å². The van der Waals surface area contributed by atoms with Gasteiger partial charge in [-0.05, 0) is 6.07 Å². The third-order valence-corrected chi connectivity index (χ3v) is 2.82. The van der Waals surface area contributed by atoms with E-state index in [4.69, 9.17) is 15.7 Å². The average Bonchev–Trinajstić information content (AvgIpc) is 2.38. The van der Waals surface area contributed by atoms with Gasteiger partial charge in [0.25, 0.3) is 0 Å². The molecule has 4 heteroatoms. The van der Waals surface area contributed by atoms with Crippen molar-refractivity contribution in [2.75, 3.05) is 0 Å². The number of ether oxygens (including phenoxy) is 1. The van der Waals surface area contributed by atoms with Gasteiger partial charge in [0.05, 0.1) is 5.57 Å². The third kappa shape index (κ3) is 1.41. The number of benzene rings is 1. The van der Waals surface area contributed by atoms with Gasteiger partial charge >= 0.3 is 0 Å². The summed E-state index contributed by atoms with van der Waals surface area (Å²) in [5.41, 5.74) is 7.90. The Bertz CT molecular complexity index is 683. The zero-order chi connectivity index (χ0) is 11.8. The average molecular weight is 223 g/mol. The first-order valence-corrected chi connectivity index (χ1v) is 5.23. The number of fused-ring (bicyclic) bond motifs is 3. The minimum atomic E-state index is 0.179. The number of aromatic nitrogens is 1. The molecule has 1 aliphatic heterocycles. The monoisotopic (exact) mass is 223 g/mol. The van der Waals surface area contributed by atoms with Gasteiger partial charge in [-0.2, -0.15) is 5.26 Å². The fraction of sp³-hybridized carbons (Fsp3) is 0.0769. The topological polar surface area (TPSA) is 71.9 Å². The fourth-order valence-electron chi connectivity index (χ4n) is 1.96. The first-order valence-electron chi connectivity index (χ1n) is 5.23. The Morgan fingerprint density at radius 2 is 2.24 bits per heavy atom. The van der Waals surface area contributed by atoms with E-state index < -0.39 is 0 Å². The second-order valence-corrected chi connectivity index (χ2v) is 3.86. The lowest BCUT2D eigenvalue weighted by Gasteiger charge is -2.18. The molecule has 0 aliphatic carbocycles. The molecule has 0 radical (unpaired) electrons. The van der Waals surface area contributed by atoms with Crippen molar-refractivity contribution >= 4 is 10.9 Å². The summed E-state index contributed by atoms with van der Waals surface area (Å²) < 4.78 is 5.52. The van der Waals surface area contributed by atoms with Crippen LogP contribution in [0.25, 0.3) is 10.9 Å². The summed E-state index contributed by atoms with van der Waals surface area (Å²) in [6.45, 7) is 0. The number of allylic oxidation sites excluding steroid dienone is 1. The van der Waals surface area contributed by atoms with Crippen LogP contribution in [0.15, 0.2) is 41.9 Å². The smallest absolute Gasteiger partial charge is 0.205 e. The van der Waals surface area contributed by atoms with Gasteiger partial charge in [0.15, 0.2) is 5.75 Å². The van der Waals surface area contributed by atoms with Gasteiger partial charge < -0.3 is 10.5 Å². The van der Waals surface area contributed by atoms with E-state index in [2.05, 4.69) is 11.1 Å². The molecule has 2 heterocycles. The van der Waals surface area contributed by atoms with Crippen molar-refractivity contribution in [2.24, 2.45) is 5.73 Å². The predicted octanol–water partition coefficient (Wildman–Crippen LogP) is 1.86. The lowest BCUT2D eigenvalue weighted by Crippen LogP contribution is -2.16. The van der Waals surface area contributed by atoms with Gasteiger partial charge in [-0.15, -0.1) is 0 Å². The van der Waals surface area contributed by atoms with Gasteiger partial charge in [-0.25, -0.2) is 0 Å². The van der Waals surface area contributed by atoms with Crippen molar-refractivity contribution in [1.29, 1.82) is 5.26 Å². The maximum atomic E-state index is 8.92. The van der Waals surface area contributed by atoms with Crippen molar-refractivity contribution in [2.45, 2.75) is 6.42 Å². The molecule has 0 saturated heterocycles. The number of pyridine rings is 1. The zero-order valence-electron chi connectivity index (χ0n) is 8.97. The molecule has 4 nitrogen and oxygen atoms in total. The lowest BCUT2D eigenvalue weighted by atomic mass is 10.0. The van der Waals surface area contributed by atoms with E-state index in [1.54, 1.807) is 6.20 Å². The van der Waals surface area contributed by atoms with Crippen molar-refractivity contribution in [3.05, 3.63) is 47.5 Å². The summed E-state index contributed by atoms with van der Waals surface area (Å²) in [7, 11) is 0. The normalized spacial score (nSPS) is 14.1. The third-order valence-electron chi connectivity index (χ3n) is 2.82. The molecule has 3 rings (SSSR count).